The van der Waals surface area contributed by atoms with E-state index in [9.17, 15) is 13.2 Å². The van der Waals surface area contributed by atoms with Crippen molar-refractivity contribution in [3.8, 4) is 0 Å². The molecule has 0 fully saturated rings. The molecule has 0 N–H and O–H groups in total. The molecule has 110 valence electrons. The SMILES string of the molecule is CN(Cc1nnc2ccccn12)c1nc(C(F)(F)F)cs1. The first-order valence-electron chi connectivity index (χ1n) is 5.97. The van der Waals surface area contributed by atoms with E-state index < -0.39 is 11.9 Å². The van der Waals surface area contributed by atoms with Crippen molar-refractivity contribution < 1.29 is 13.2 Å². The molecule has 3 rings (SSSR count). The maximum Gasteiger partial charge on any atom is 0.434 e. The van der Waals surface area contributed by atoms with E-state index in [-0.39, 0.29) is 5.13 Å². The lowest BCUT2D eigenvalue weighted by atomic mass is 10.4. The van der Waals surface area contributed by atoms with Gasteiger partial charge in [0, 0.05) is 18.6 Å². The van der Waals surface area contributed by atoms with E-state index in [0.717, 1.165) is 16.7 Å². The lowest BCUT2D eigenvalue weighted by Gasteiger charge is -2.14. The molecule has 0 bridgehead atoms. The zero-order valence-corrected chi connectivity index (χ0v) is 11.7. The number of nitrogens with zero attached hydrogens (tertiary/aromatic N) is 5. The summed E-state index contributed by atoms with van der Waals surface area (Å²) in [5.41, 5.74) is -0.184. The molecule has 0 saturated carbocycles. The average molecular weight is 313 g/mol. The van der Waals surface area contributed by atoms with E-state index in [2.05, 4.69) is 15.2 Å². The Morgan fingerprint density at radius 1 is 1.29 bits per heavy atom. The van der Waals surface area contributed by atoms with Gasteiger partial charge >= 0.3 is 6.18 Å². The Morgan fingerprint density at radius 2 is 2.10 bits per heavy atom. The van der Waals surface area contributed by atoms with Crippen LogP contribution in [-0.2, 0) is 12.7 Å². The van der Waals surface area contributed by atoms with Gasteiger partial charge in [0.15, 0.2) is 22.3 Å². The quantitative estimate of drug-likeness (QED) is 0.746. The first-order chi connectivity index (χ1) is 9.95. The molecule has 0 radical (unpaired) electrons. The molecule has 3 heterocycles. The number of rotatable bonds is 3. The molecular formula is C12H10F3N5S. The second-order valence-corrected chi connectivity index (χ2v) is 5.25. The van der Waals surface area contributed by atoms with Gasteiger partial charge in [-0.05, 0) is 12.1 Å². The van der Waals surface area contributed by atoms with Crippen molar-refractivity contribution in [2.75, 3.05) is 11.9 Å². The Bertz CT molecular complexity index is 763. The fraction of sp³-hybridized carbons (Fsp3) is 0.250. The van der Waals surface area contributed by atoms with Crippen LogP contribution in [0.4, 0.5) is 18.3 Å². The number of aromatic nitrogens is 4. The first kappa shape index (κ1) is 13.8. The van der Waals surface area contributed by atoms with Gasteiger partial charge in [0.1, 0.15) is 0 Å². The Hall–Kier alpha value is -2.16. The lowest BCUT2D eigenvalue weighted by Crippen LogP contribution is -2.18. The predicted octanol–water partition coefficient (Wildman–Crippen LogP) is 2.84. The highest BCUT2D eigenvalue weighted by Crippen LogP contribution is 2.32. The number of pyridine rings is 1. The third-order valence-corrected chi connectivity index (χ3v) is 3.83. The minimum Gasteiger partial charge on any atom is -0.344 e. The fourth-order valence-electron chi connectivity index (χ4n) is 1.85. The van der Waals surface area contributed by atoms with Gasteiger partial charge in [0.25, 0.3) is 0 Å². The van der Waals surface area contributed by atoms with Crippen molar-refractivity contribution in [1.29, 1.82) is 0 Å². The summed E-state index contributed by atoms with van der Waals surface area (Å²) in [6.07, 6.45) is -2.61. The Kier molecular flexibility index (Phi) is 3.28. The van der Waals surface area contributed by atoms with Crippen LogP contribution in [0.2, 0.25) is 0 Å². The van der Waals surface area contributed by atoms with E-state index in [1.54, 1.807) is 16.3 Å². The molecule has 3 aromatic rings. The van der Waals surface area contributed by atoms with Crippen LogP contribution in [0, 0.1) is 0 Å². The molecule has 5 nitrogen and oxygen atoms in total. The fourth-order valence-corrected chi connectivity index (χ4v) is 2.65. The van der Waals surface area contributed by atoms with Gasteiger partial charge in [-0.1, -0.05) is 6.07 Å². The van der Waals surface area contributed by atoms with Crippen molar-refractivity contribution in [3.63, 3.8) is 0 Å². The smallest absolute Gasteiger partial charge is 0.344 e. The minimum absolute atomic E-state index is 0.287. The van der Waals surface area contributed by atoms with Crippen LogP contribution in [0.25, 0.3) is 5.65 Å². The summed E-state index contributed by atoms with van der Waals surface area (Å²) in [6, 6.07) is 5.49. The molecule has 9 heteroatoms. The number of hydrogen-bond acceptors (Lipinski definition) is 5. The second kappa shape index (κ2) is 4.99. The zero-order valence-electron chi connectivity index (χ0n) is 10.9. The maximum atomic E-state index is 12.5. The molecule has 0 unspecified atom stereocenters. The van der Waals surface area contributed by atoms with E-state index in [0.29, 0.717) is 18.0 Å². The third kappa shape index (κ3) is 2.68. The van der Waals surface area contributed by atoms with Crippen LogP contribution in [0.3, 0.4) is 0 Å². The van der Waals surface area contributed by atoms with Gasteiger partial charge in [-0.3, -0.25) is 4.40 Å². The van der Waals surface area contributed by atoms with Gasteiger partial charge < -0.3 is 4.90 Å². The van der Waals surface area contributed by atoms with Crippen LogP contribution in [0.15, 0.2) is 29.8 Å². The Labute approximate surface area is 121 Å². The summed E-state index contributed by atoms with van der Waals surface area (Å²) in [6.45, 7) is 0.315. The van der Waals surface area contributed by atoms with Crippen LogP contribution in [0.5, 0.6) is 0 Å². The number of anilines is 1. The van der Waals surface area contributed by atoms with Crippen LogP contribution >= 0.6 is 11.3 Å². The normalized spacial score (nSPS) is 12.0. The summed E-state index contributed by atoms with van der Waals surface area (Å²) in [7, 11) is 1.67. The molecule has 0 amide bonds. The van der Waals surface area contributed by atoms with Gasteiger partial charge in [-0.15, -0.1) is 21.5 Å². The third-order valence-electron chi connectivity index (χ3n) is 2.87. The van der Waals surface area contributed by atoms with Gasteiger partial charge in [-0.2, -0.15) is 13.2 Å². The molecule has 0 aliphatic heterocycles. The van der Waals surface area contributed by atoms with Crippen LogP contribution in [0.1, 0.15) is 11.5 Å². The van der Waals surface area contributed by atoms with Crippen molar-refractivity contribution in [2.45, 2.75) is 12.7 Å². The number of halogens is 3. The average Bonchev–Trinajstić information content (AvgIpc) is 3.05. The molecule has 21 heavy (non-hydrogen) atoms. The molecule has 0 saturated heterocycles. The monoisotopic (exact) mass is 313 g/mol. The molecule has 0 aliphatic carbocycles. The van der Waals surface area contributed by atoms with E-state index in [4.69, 9.17) is 0 Å². The van der Waals surface area contributed by atoms with Gasteiger partial charge in [0.2, 0.25) is 0 Å². The van der Waals surface area contributed by atoms with Crippen molar-refractivity contribution in [3.05, 3.63) is 41.3 Å². The number of alkyl halides is 3. The second-order valence-electron chi connectivity index (χ2n) is 4.41. The van der Waals surface area contributed by atoms with Gasteiger partial charge in [-0.25, -0.2) is 4.98 Å². The number of hydrogen-bond donors (Lipinski definition) is 0. The maximum absolute atomic E-state index is 12.5. The lowest BCUT2D eigenvalue weighted by molar-refractivity contribution is -0.140. The summed E-state index contributed by atoms with van der Waals surface area (Å²) in [5.74, 6) is 0.636. The molecule has 0 spiro atoms. The first-order valence-corrected chi connectivity index (χ1v) is 6.85. The largest absolute Gasteiger partial charge is 0.434 e. The highest BCUT2D eigenvalue weighted by atomic mass is 32.1. The van der Waals surface area contributed by atoms with Crippen LogP contribution in [-0.4, -0.2) is 26.6 Å². The topological polar surface area (TPSA) is 46.3 Å². The number of thiazole rings is 1. The van der Waals surface area contributed by atoms with E-state index in [1.165, 1.54) is 0 Å². The summed E-state index contributed by atoms with van der Waals surface area (Å²) < 4.78 is 39.4. The Balaban J connectivity index is 1.83. The summed E-state index contributed by atoms with van der Waals surface area (Å²) >= 11 is 0.949. The van der Waals surface area contributed by atoms with Crippen molar-refractivity contribution in [2.24, 2.45) is 0 Å². The molecule has 0 aliphatic rings. The minimum atomic E-state index is -4.42. The predicted molar refractivity (Wildman–Crippen MR) is 72.2 cm³/mol. The summed E-state index contributed by atoms with van der Waals surface area (Å²) in [5, 5.41) is 9.34. The Morgan fingerprint density at radius 3 is 2.81 bits per heavy atom. The van der Waals surface area contributed by atoms with Crippen molar-refractivity contribution >= 4 is 22.1 Å². The summed E-state index contributed by atoms with van der Waals surface area (Å²) in [4.78, 5) is 5.22. The van der Waals surface area contributed by atoms with E-state index >= 15 is 0 Å². The van der Waals surface area contributed by atoms with Gasteiger partial charge in [0.05, 0.1) is 6.54 Å². The van der Waals surface area contributed by atoms with Crippen LogP contribution < -0.4 is 4.90 Å². The molecular weight excluding hydrogens is 303 g/mol. The molecule has 3 aromatic heterocycles. The standard InChI is InChI=1S/C12H10F3N5S/c1-19(11-16-8(7-21-11)12(13,14)15)6-10-18-17-9-4-2-3-5-20(9)10/h2-5,7H,6H2,1H3. The highest BCUT2D eigenvalue weighted by molar-refractivity contribution is 7.13. The number of fused-ring (bicyclic) bond motifs is 1. The highest BCUT2D eigenvalue weighted by Gasteiger charge is 2.34. The van der Waals surface area contributed by atoms with Crippen molar-refractivity contribution in [1.82, 2.24) is 19.6 Å². The molecule has 0 aromatic carbocycles. The van der Waals surface area contributed by atoms with E-state index in [1.807, 2.05) is 24.4 Å². The zero-order chi connectivity index (χ0) is 15.0. The molecule has 0 atom stereocenters.